The number of carbonyl (C=O) groups excluding carboxylic acids is 1. The first-order valence-corrected chi connectivity index (χ1v) is 13.5. The third kappa shape index (κ3) is 6.15. The Bertz CT molecular complexity index is 1280. The van der Waals surface area contributed by atoms with Crippen molar-refractivity contribution in [2.24, 2.45) is 13.0 Å². The number of anilines is 1. The second-order valence-corrected chi connectivity index (χ2v) is 10.7. The van der Waals surface area contributed by atoms with E-state index in [-0.39, 0.29) is 18.6 Å². The van der Waals surface area contributed by atoms with Crippen LogP contribution in [-0.4, -0.2) is 64.0 Å². The Labute approximate surface area is 226 Å². The van der Waals surface area contributed by atoms with E-state index in [1.54, 1.807) is 23.3 Å². The molecule has 3 heterocycles. The topological polar surface area (TPSA) is 131 Å². The van der Waals surface area contributed by atoms with Gasteiger partial charge in [0, 0.05) is 55.1 Å². The van der Waals surface area contributed by atoms with Gasteiger partial charge in [-0.05, 0) is 50.9 Å². The molecule has 38 heavy (non-hydrogen) atoms. The molecule has 202 valence electrons. The molecule has 5 rings (SSSR count). The van der Waals surface area contributed by atoms with Crippen LogP contribution in [0, 0.1) is 5.92 Å². The summed E-state index contributed by atoms with van der Waals surface area (Å²) in [6.45, 7) is 0.765. The molecule has 0 radical (unpaired) electrons. The second kappa shape index (κ2) is 11.5. The Balaban J connectivity index is 1.20. The fourth-order valence-corrected chi connectivity index (χ4v) is 5.38. The molecule has 12 heteroatoms. The minimum Gasteiger partial charge on any atom is -0.465 e. The van der Waals surface area contributed by atoms with Crippen molar-refractivity contribution in [3.8, 4) is 11.3 Å². The van der Waals surface area contributed by atoms with Gasteiger partial charge in [-0.1, -0.05) is 11.6 Å². The standard InChI is InChI=1S/C26H33ClN8O3/c1-33-23(11-17-3-4-17)21(13-29-33)24-22(27)14-28-25(32-24)31-19-5-7-20(8-6-19)35(26(37)38)16-18-12-30-34(15-18)9-2-10-36/h10,12-15,17,19-20H,2-9,11,16H2,1H3,(H,37,38)(H,28,31,32). The van der Waals surface area contributed by atoms with Gasteiger partial charge in [0.05, 0.1) is 35.9 Å². The summed E-state index contributed by atoms with van der Waals surface area (Å²) in [5.41, 5.74) is 3.59. The maximum Gasteiger partial charge on any atom is 0.407 e. The van der Waals surface area contributed by atoms with Gasteiger partial charge in [-0.25, -0.2) is 14.8 Å². The van der Waals surface area contributed by atoms with E-state index in [0.29, 0.717) is 35.5 Å². The number of amides is 1. The van der Waals surface area contributed by atoms with E-state index in [4.69, 9.17) is 16.6 Å². The lowest BCUT2D eigenvalue weighted by Gasteiger charge is -2.35. The van der Waals surface area contributed by atoms with E-state index in [2.05, 4.69) is 20.5 Å². The van der Waals surface area contributed by atoms with Gasteiger partial charge < -0.3 is 20.1 Å². The van der Waals surface area contributed by atoms with Crippen LogP contribution in [0.3, 0.4) is 0 Å². The summed E-state index contributed by atoms with van der Waals surface area (Å²) in [6.07, 6.45) is 13.8. The lowest BCUT2D eigenvalue weighted by molar-refractivity contribution is -0.108. The zero-order chi connectivity index (χ0) is 26.6. The summed E-state index contributed by atoms with van der Waals surface area (Å²) in [5, 5.41) is 22.5. The number of rotatable bonds is 11. The highest BCUT2D eigenvalue weighted by Gasteiger charge is 2.30. The van der Waals surface area contributed by atoms with Crippen molar-refractivity contribution in [1.82, 2.24) is 34.4 Å². The van der Waals surface area contributed by atoms with Crippen molar-refractivity contribution in [3.63, 3.8) is 0 Å². The van der Waals surface area contributed by atoms with Crippen molar-refractivity contribution >= 4 is 29.9 Å². The maximum absolute atomic E-state index is 12.1. The van der Waals surface area contributed by atoms with E-state index < -0.39 is 6.09 Å². The van der Waals surface area contributed by atoms with Gasteiger partial charge in [-0.2, -0.15) is 10.2 Å². The fourth-order valence-electron chi connectivity index (χ4n) is 5.18. The van der Waals surface area contributed by atoms with Crippen LogP contribution in [0.5, 0.6) is 0 Å². The molecule has 0 unspecified atom stereocenters. The molecule has 0 atom stereocenters. The van der Waals surface area contributed by atoms with Crippen LogP contribution < -0.4 is 5.32 Å². The van der Waals surface area contributed by atoms with Crippen LogP contribution in [0.1, 0.15) is 56.2 Å². The highest BCUT2D eigenvalue weighted by Crippen LogP contribution is 2.37. The summed E-state index contributed by atoms with van der Waals surface area (Å²) in [7, 11) is 1.95. The number of aromatic nitrogens is 6. The Morgan fingerprint density at radius 1 is 1.18 bits per heavy atom. The van der Waals surface area contributed by atoms with E-state index in [1.165, 1.54) is 17.7 Å². The number of nitrogens with one attached hydrogen (secondary N) is 1. The number of halogens is 1. The lowest BCUT2D eigenvalue weighted by atomic mass is 9.90. The van der Waals surface area contributed by atoms with Crippen molar-refractivity contribution in [3.05, 3.63) is 41.1 Å². The van der Waals surface area contributed by atoms with Crippen molar-refractivity contribution in [2.45, 2.75) is 76.5 Å². The Hall–Kier alpha value is -3.47. The van der Waals surface area contributed by atoms with Crippen molar-refractivity contribution < 1.29 is 14.7 Å². The number of carboxylic acid groups (broad SMARTS) is 1. The zero-order valence-electron chi connectivity index (χ0n) is 21.5. The largest absolute Gasteiger partial charge is 0.465 e. The second-order valence-electron chi connectivity index (χ2n) is 10.3. The Morgan fingerprint density at radius 2 is 1.97 bits per heavy atom. The quantitative estimate of drug-likeness (QED) is 0.346. The Morgan fingerprint density at radius 3 is 2.68 bits per heavy atom. The molecule has 0 spiro atoms. The monoisotopic (exact) mass is 540 g/mol. The van der Waals surface area contributed by atoms with Crippen LogP contribution >= 0.6 is 11.6 Å². The highest BCUT2D eigenvalue weighted by atomic mass is 35.5. The molecule has 2 fully saturated rings. The average Bonchev–Trinajstić information content (AvgIpc) is 3.50. The molecule has 3 aromatic heterocycles. The number of nitrogens with zero attached hydrogens (tertiary/aromatic N) is 7. The molecule has 0 bridgehead atoms. The number of hydrogen-bond donors (Lipinski definition) is 2. The van der Waals surface area contributed by atoms with Gasteiger partial charge >= 0.3 is 6.09 Å². The van der Waals surface area contributed by atoms with Gasteiger partial charge in [0.2, 0.25) is 5.95 Å². The molecule has 11 nitrogen and oxygen atoms in total. The molecule has 1 amide bonds. The summed E-state index contributed by atoms with van der Waals surface area (Å²) < 4.78 is 3.58. The smallest absolute Gasteiger partial charge is 0.407 e. The Kier molecular flexibility index (Phi) is 7.92. The zero-order valence-corrected chi connectivity index (χ0v) is 22.2. The molecule has 2 saturated carbocycles. The summed E-state index contributed by atoms with van der Waals surface area (Å²) in [6, 6.07) is 0.0628. The average molecular weight is 541 g/mol. The number of carbonyl (C=O) groups is 2. The van der Waals surface area contributed by atoms with Gasteiger partial charge in [-0.3, -0.25) is 9.36 Å². The SMILES string of the molecule is Cn1ncc(-c2nc(NC3CCC(N(Cc4cnn(CCC=O)c4)C(=O)O)CC3)ncc2Cl)c1CC1CC1. The lowest BCUT2D eigenvalue weighted by Crippen LogP contribution is -2.43. The van der Waals surface area contributed by atoms with Crippen molar-refractivity contribution in [1.29, 1.82) is 0 Å². The van der Waals surface area contributed by atoms with E-state index >= 15 is 0 Å². The van der Waals surface area contributed by atoms with Gasteiger partial charge in [-0.15, -0.1) is 0 Å². The fraction of sp³-hybridized carbons (Fsp3) is 0.538. The van der Waals surface area contributed by atoms with Gasteiger partial charge in [0.15, 0.2) is 0 Å². The van der Waals surface area contributed by atoms with Crippen LogP contribution in [0.15, 0.2) is 24.8 Å². The predicted octanol–water partition coefficient (Wildman–Crippen LogP) is 4.17. The van der Waals surface area contributed by atoms with Crippen LogP contribution in [0.4, 0.5) is 10.7 Å². The molecule has 0 aliphatic heterocycles. The molecular weight excluding hydrogens is 508 g/mol. The molecule has 2 N–H and O–H groups in total. The first-order valence-electron chi connectivity index (χ1n) is 13.2. The first kappa shape index (κ1) is 26.1. The minimum absolute atomic E-state index is 0.0778. The summed E-state index contributed by atoms with van der Waals surface area (Å²) in [4.78, 5) is 33.3. The normalized spacial score (nSPS) is 19.3. The van der Waals surface area contributed by atoms with E-state index in [9.17, 15) is 14.7 Å². The molecule has 3 aromatic rings. The van der Waals surface area contributed by atoms with Crippen LogP contribution in [0.2, 0.25) is 5.02 Å². The highest BCUT2D eigenvalue weighted by molar-refractivity contribution is 6.32. The predicted molar refractivity (Wildman–Crippen MR) is 142 cm³/mol. The third-order valence-corrected chi connectivity index (χ3v) is 7.75. The van der Waals surface area contributed by atoms with E-state index in [1.807, 2.05) is 17.9 Å². The van der Waals surface area contributed by atoms with Gasteiger partial charge in [0.1, 0.15) is 6.29 Å². The third-order valence-electron chi connectivity index (χ3n) is 7.47. The maximum atomic E-state index is 12.1. The minimum atomic E-state index is -0.939. The van der Waals surface area contributed by atoms with Crippen molar-refractivity contribution in [2.75, 3.05) is 5.32 Å². The summed E-state index contributed by atoms with van der Waals surface area (Å²) >= 11 is 6.51. The summed E-state index contributed by atoms with van der Waals surface area (Å²) in [5.74, 6) is 1.23. The molecule has 0 saturated heterocycles. The first-order chi connectivity index (χ1) is 18.4. The van der Waals surface area contributed by atoms with Crippen LogP contribution in [-0.2, 0) is 31.4 Å². The molecule has 2 aliphatic carbocycles. The number of aldehydes is 1. The molecule has 0 aromatic carbocycles. The molecular formula is C26H33ClN8O3. The number of hydrogen-bond acceptors (Lipinski definition) is 7. The van der Waals surface area contributed by atoms with Gasteiger partial charge in [0.25, 0.3) is 0 Å². The molecule has 2 aliphatic rings. The van der Waals surface area contributed by atoms with Crippen LogP contribution in [0.25, 0.3) is 11.3 Å². The number of aryl methyl sites for hydroxylation is 2. The van der Waals surface area contributed by atoms with E-state index in [0.717, 1.165) is 55.2 Å².